The van der Waals surface area contributed by atoms with Gasteiger partial charge in [0.1, 0.15) is 5.76 Å². The highest BCUT2D eigenvalue weighted by Gasteiger charge is 2.17. The number of aliphatic imine (C=N–C) groups is 1. The summed E-state index contributed by atoms with van der Waals surface area (Å²) in [7, 11) is 2.14. The second kappa shape index (κ2) is 10.8. The van der Waals surface area contributed by atoms with Gasteiger partial charge in [0.25, 0.3) is 0 Å². The van der Waals surface area contributed by atoms with Gasteiger partial charge in [0, 0.05) is 46.3 Å². The predicted molar refractivity (Wildman–Crippen MR) is 109 cm³/mol. The number of nitrogens with one attached hydrogen (secondary N) is 1. The molecule has 0 bridgehead atoms. The quantitative estimate of drug-likeness (QED) is 0.573. The van der Waals surface area contributed by atoms with Gasteiger partial charge < -0.3 is 19.4 Å². The van der Waals surface area contributed by atoms with E-state index in [4.69, 9.17) is 14.1 Å². The lowest BCUT2D eigenvalue weighted by Gasteiger charge is -2.29. The summed E-state index contributed by atoms with van der Waals surface area (Å²) in [6.07, 6.45) is 5.79. The first-order chi connectivity index (χ1) is 13.3. The van der Waals surface area contributed by atoms with Crippen molar-refractivity contribution in [1.82, 2.24) is 10.2 Å². The van der Waals surface area contributed by atoms with Crippen molar-refractivity contribution in [2.75, 3.05) is 39.9 Å². The SMILES string of the molecule is CN(CC1CCOCC1)C(=NCCc1ccco1)NCCc1ccccc1. The summed E-state index contributed by atoms with van der Waals surface area (Å²) < 4.78 is 10.9. The number of rotatable bonds is 8. The van der Waals surface area contributed by atoms with Crippen LogP contribution in [0.2, 0.25) is 0 Å². The van der Waals surface area contributed by atoms with E-state index in [-0.39, 0.29) is 0 Å². The molecule has 27 heavy (non-hydrogen) atoms. The van der Waals surface area contributed by atoms with E-state index in [2.05, 4.69) is 47.6 Å². The van der Waals surface area contributed by atoms with Crippen molar-refractivity contribution in [3.63, 3.8) is 0 Å². The van der Waals surface area contributed by atoms with Crippen LogP contribution in [-0.4, -0.2) is 50.8 Å². The number of hydrogen-bond acceptors (Lipinski definition) is 3. The van der Waals surface area contributed by atoms with Gasteiger partial charge in [0.15, 0.2) is 5.96 Å². The second-order valence-corrected chi connectivity index (χ2v) is 7.13. The fourth-order valence-corrected chi connectivity index (χ4v) is 3.40. The van der Waals surface area contributed by atoms with Crippen molar-refractivity contribution < 1.29 is 9.15 Å². The molecule has 2 heterocycles. The standard InChI is InChI=1S/C22H31N3O2/c1-25(18-20-11-16-26-17-12-20)22(24-14-10-21-8-5-15-27-21)23-13-9-19-6-3-2-4-7-19/h2-8,15,20H,9-14,16-18H2,1H3,(H,23,24). The molecule has 1 aliphatic rings. The predicted octanol–water partition coefficient (Wildman–Crippen LogP) is 3.37. The Hall–Kier alpha value is -2.27. The third-order valence-corrected chi connectivity index (χ3v) is 4.97. The number of furan rings is 1. The number of ether oxygens (including phenoxy) is 1. The molecule has 2 aromatic rings. The zero-order chi connectivity index (χ0) is 18.7. The summed E-state index contributed by atoms with van der Waals surface area (Å²) in [5.41, 5.74) is 1.34. The van der Waals surface area contributed by atoms with Gasteiger partial charge >= 0.3 is 0 Å². The minimum absolute atomic E-state index is 0.676. The van der Waals surface area contributed by atoms with Gasteiger partial charge in [0.2, 0.25) is 0 Å². The van der Waals surface area contributed by atoms with Crippen LogP contribution in [0.4, 0.5) is 0 Å². The molecule has 0 unspecified atom stereocenters. The fraction of sp³-hybridized carbons (Fsp3) is 0.500. The average Bonchev–Trinajstić information content (AvgIpc) is 3.22. The van der Waals surface area contributed by atoms with E-state index in [0.717, 1.165) is 70.3 Å². The Labute approximate surface area is 162 Å². The van der Waals surface area contributed by atoms with Gasteiger partial charge in [-0.25, -0.2) is 0 Å². The van der Waals surface area contributed by atoms with E-state index in [9.17, 15) is 0 Å². The largest absolute Gasteiger partial charge is 0.469 e. The zero-order valence-electron chi connectivity index (χ0n) is 16.3. The average molecular weight is 370 g/mol. The van der Waals surface area contributed by atoms with E-state index in [1.807, 2.05) is 12.1 Å². The Morgan fingerprint density at radius 2 is 1.93 bits per heavy atom. The molecule has 1 aromatic heterocycles. The molecule has 0 saturated carbocycles. The first-order valence-corrected chi connectivity index (χ1v) is 9.95. The summed E-state index contributed by atoms with van der Waals surface area (Å²) in [6.45, 7) is 4.37. The monoisotopic (exact) mass is 369 g/mol. The van der Waals surface area contributed by atoms with Crippen molar-refractivity contribution in [2.24, 2.45) is 10.9 Å². The van der Waals surface area contributed by atoms with Gasteiger partial charge in [-0.1, -0.05) is 30.3 Å². The summed E-state index contributed by atoms with van der Waals surface area (Å²) >= 11 is 0. The maximum atomic E-state index is 5.49. The Kier molecular flexibility index (Phi) is 7.78. The lowest BCUT2D eigenvalue weighted by molar-refractivity contribution is 0.0610. The van der Waals surface area contributed by atoms with Gasteiger partial charge in [-0.15, -0.1) is 0 Å². The van der Waals surface area contributed by atoms with Crippen molar-refractivity contribution in [3.05, 3.63) is 60.1 Å². The first-order valence-electron chi connectivity index (χ1n) is 9.95. The van der Waals surface area contributed by atoms with Crippen LogP contribution in [0.15, 0.2) is 58.1 Å². The molecule has 0 atom stereocenters. The van der Waals surface area contributed by atoms with Crippen LogP contribution >= 0.6 is 0 Å². The molecule has 1 aliphatic heterocycles. The van der Waals surface area contributed by atoms with Crippen LogP contribution in [0.1, 0.15) is 24.2 Å². The maximum absolute atomic E-state index is 5.49. The Bertz CT molecular complexity index is 664. The van der Waals surface area contributed by atoms with Crippen LogP contribution < -0.4 is 5.32 Å². The molecule has 5 nitrogen and oxygen atoms in total. The van der Waals surface area contributed by atoms with E-state index in [1.54, 1.807) is 6.26 Å². The topological polar surface area (TPSA) is 50.0 Å². The third-order valence-electron chi connectivity index (χ3n) is 4.97. The van der Waals surface area contributed by atoms with Gasteiger partial charge in [-0.05, 0) is 42.9 Å². The van der Waals surface area contributed by atoms with Crippen molar-refractivity contribution in [3.8, 4) is 0 Å². The molecular weight excluding hydrogens is 338 g/mol. The van der Waals surface area contributed by atoms with Gasteiger partial charge in [-0.2, -0.15) is 0 Å². The number of hydrogen-bond donors (Lipinski definition) is 1. The van der Waals surface area contributed by atoms with Gasteiger partial charge in [-0.3, -0.25) is 4.99 Å². The van der Waals surface area contributed by atoms with Crippen molar-refractivity contribution >= 4 is 5.96 Å². The maximum Gasteiger partial charge on any atom is 0.193 e. The molecular formula is C22H31N3O2. The first kappa shape index (κ1) is 19.5. The summed E-state index contributed by atoms with van der Waals surface area (Å²) in [5, 5.41) is 3.55. The van der Waals surface area contributed by atoms with E-state index in [0.29, 0.717) is 5.92 Å². The highest BCUT2D eigenvalue weighted by molar-refractivity contribution is 5.79. The normalized spacial score (nSPS) is 15.7. The second-order valence-electron chi connectivity index (χ2n) is 7.13. The molecule has 1 aromatic carbocycles. The van der Waals surface area contributed by atoms with Crippen molar-refractivity contribution in [1.29, 1.82) is 0 Å². The highest BCUT2D eigenvalue weighted by atomic mass is 16.5. The van der Waals surface area contributed by atoms with Crippen LogP contribution in [0.5, 0.6) is 0 Å². The lowest BCUT2D eigenvalue weighted by atomic mass is 10.00. The third kappa shape index (κ3) is 6.75. The van der Waals surface area contributed by atoms with Crippen LogP contribution in [0.3, 0.4) is 0 Å². The van der Waals surface area contributed by atoms with Gasteiger partial charge in [0.05, 0.1) is 6.26 Å². The Morgan fingerprint density at radius 3 is 2.67 bits per heavy atom. The molecule has 1 fully saturated rings. The van der Waals surface area contributed by atoms with Crippen LogP contribution in [0, 0.1) is 5.92 Å². The molecule has 0 amide bonds. The summed E-state index contributed by atoms with van der Waals surface area (Å²) in [4.78, 5) is 7.10. The number of nitrogens with zero attached hydrogens (tertiary/aromatic N) is 2. The molecule has 0 aliphatic carbocycles. The summed E-state index contributed by atoms with van der Waals surface area (Å²) in [5.74, 6) is 2.63. The van der Waals surface area contributed by atoms with Crippen LogP contribution in [0.25, 0.3) is 0 Å². The van der Waals surface area contributed by atoms with E-state index in [1.165, 1.54) is 5.56 Å². The molecule has 146 valence electrons. The molecule has 1 saturated heterocycles. The molecule has 0 spiro atoms. The van der Waals surface area contributed by atoms with E-state index < -0.39 is 0 Å². The fourth-order valence-electron chi connectivity index (χ4n) is 3.40. The molecule has 1 N–H and O–H groups in total. The molecule has 0 radical (unpaired) electrons. The highest BCUT2D eigenvalue weighted by Crippen LogP contribution is 2.15. The van der Waals surface area contributed by atoms with E-state index >= 15 is 0 Å². The number of guanidine groups is 1. The summed E-state index contributed by atoms with van der Waals surface area (Å²) in [6, 6.07) is 14.5. The van der Waals surface area contributed by atoms with Crippen LogP contribution in [-0.2, 0) is 17.6 Å². The van der Waals surface area contributed by atoms with Crippen molar-refractivity contribution in [2.45, 2.75) is 25.7 Å². The molecule has 3 rings (SSSR count). The molecule has 5 heteroatoms. The minimum Gasteiger partial charge on any atom is -0.469 e. The Morgan fingerprint density at radius 1 is 1.11 bits per heavy atom. The number of benzene rings is 1. The zero-order valence-corrected chi connectivity index (χ0v) is 16.3. The smallest absolute Gasteiger partial charge is 0.193 e. The lowest BCUT2D eigenvalue weighted by Crippen LogP contribution is -2.43. The minimum atomic E-state index is 0.676. The Balaban J connectivity index is 1.54.